The van der Waals surface area contributed by atoms with Gasteiger partial charge in [-0.1, -0.05) is 6.08 Å². The Kier molecular flexibility index (Phi) is 4.91. The first kappa shape index (κ1) is 19.6. The largest absolute Gasteiger partial charge is 0.506 e. The third-order valence-corrected chi connectivity index (χ3v) is 6.44. The summed E-state index contributed by atoms with van der Waals surface area (Å²) in [6, 6.07) is 2.18. The first-order valence-corrected chi connectivity index (χ1v) is 11.3. The van der Waals surface area contributed by atoms with Gasteiger partial charge in [0.15, 0.2) is 5.82 Å². The number of hydrogen-bond donors (Lipinski definition) is 3. The smallest absolute Gasteiger partial charge is 0.326 e. The van der Waals surface area contributed by atoms with E-state index < -0.39 is 49.9 Å². The molecule has 1 aliphatic carbocycles. The van der Waals surface area contributed by atoms with Crippen molar-refractivity contribution in [3.05, 3.63) is 29.6 Å². The van der Waals surface area contributed by atoms with Crippen molar-refractivity contribution < 1.29 is 31.1 Å². The van der Waals surface area contributed by atoms with Crippen molar-refractivity contribution in [2.24, 2.45) is 0 Å². The van der Waals surface area contributed by atoms with E-state index in [1.165, 1.54) is 6.07 Å². The number of allylic oxidation sites excluding steroid dienone is 1. The highest BCUT2D eigenvalue weighted by atomic mass is 32.2. The fourth-order valence-corrected chi connectivity index (χ4v) is 5.16. The first-order chi connectivity index (χ1) is 12.5. The number of rotatable bonds is 4. The summed E-state index contributed by atoms with van der Waals surface area (Å²) in [6.45, 7) is -0.629. The molecule has 1 amide bonds. The summed E-state index contributed by atoms with van der Waals surface area (Å²) >= 11 is 0. The highest BCUT2D eigenvalue weighted by molar-refractivity contribution is 7.92. The Morgan fingerprint density at radius 3 is 2.59 bits per heavy atom. The SMILES string of the molecule is CS(=O)(=O)NC1CC=C(c2ccc(O)c(N3CC(=O)NS3(=O)=O)c2F)CC1. The number of amides is 1. The van der Waals surface area contributed by atoms with Gasteiger partial charge in [0, 0.05) is 11.6 Å². The summed E-state index contributed by atoms with van der Waals surface area (Å²) in [4.78, 5) is 11.4. The van der Waals surface area contributed by atoms with E-state index in [1.54, 1.807) is 10.8 Å². The van der Waals surface area contributed by atoms with Crippen molar-refractivity contribution in [3.63, 3.8) is 0 Å². The van der Waals surface area contributed by atoms with Crippen LogP contribution in [0.25, 0.3) is 5.57 Å². The van der Waals surface area contributed by atoms with Crippen LogP contribution >= 0.6 is 0 Å². The van der Waals surface area contributed by atoms with Crippen molar-refractivity contribution in [2.75, 3.05) is 17.1 Å². The minimum atomic E-state index is -4.27. The summed E-state index contributed by atoms with van der Waals surface area (Å²) in [7, 11) is -7.63. The van der Waals surface area contributed by atoms with Gasteiger partial charge in [0.2, 0.25) is 10.0 Å². The molecule has 1 heterocycles. The number of nitrogens with one attached hydrogen (secondary N) is 2. The van der Waals surface area contributed by atoms with E-state index in [9.17, 15) is 26.7 Å². The van der Waals surface area contributed by atoms with Crippen molar-refractivity contribution >= 4 is 37.4 Å². The summed E-state index contributed by atoms with van der Waals surface area (Å²) in [5.41, 5.74) is 0.0643. The highest BCUT2D eigenvalue weighted by Gasteiger charge is 2.38. The second-order valence-corrected chi connectivity index (χ2v) is 9.80. The highest BCUT2D eigenvalue weighted by Crippen LogP contribution is 2.39. The van der Waals surface area contributed by atoms with Crippen LogP contribution in [0.5, 0.6) is 5.75 Å². The molecule has 1 aromatic carbocycles. The molecule has 9 nitrogen and oxygen atoms in total. The van der Waals surface area contributed by atoms with Crippen molar-refractivity contribution in [1.82, 2.24) is 9.44 Å². The summed E-state index contributed by atoms with van der Waals surface area (Å²) in [5.74, 6) is -2.40. The fourth-order valence-electron chi connectivity index (χ4n) is 3.17. The summed E-state index contributed by atoms with van der Waals surface area (Å²) in [6.07, 6.45) is 3.88. The van der Waals surface area contributed by atoms with Gasteiger partial charge in [0.25, 0.3) is 5.91 Å². The molecule has 1 aliphatic heterocycles. The van der Waals surface area contributed by atoms with Crippen LogP contribution in [0.2, 0.25) is 0 Å². The van der Waals surface area contributed by atoms with Gasteiger partial charge in [0.1, 0.15) is 18.0 Å². The maximum atomic E-state index is 15.1. The minimum absolute atomic E-state index is 0.0927. The van der Waals surface area contributed by atoms with Gasteiger partial charge in [-0.15, -0.1) is 0 Å². The molecular weight excluding hydrogens is 401 g/mol. The van der Waals surface area contributed by atoms with Gasteiger partial charge in [-0.2, -0.15) is 8.42 Å². The molecule has 0 spiro atoms. The zero-order valence-electron chi connectivity index (χ0n) is 14.3. The van der Waals surface area contributed by atoms with Gasteiger partial charge in [-0.05, 0) is 37.0 Å². The molecule has 1 aromatic rings. The second kappa shape index (κ2) is 6.77. The lowest BCUT2D eigenvalue weighted by atomic mass is 9.90. The molecule has 0 bridgehead atoms. The zero-order chi connectivity index (χ0) is 20.0. The average molecular weight is 419 g/mol. The predicted octanol–water partition coefficient (Wildman–Crippen LogP) is 0.197. The number of carbonyl (C=O) groups is 1. The normalized spacial score (nSPS) is 22.4. The van der Waals surface area contributed by atoms with Gasteiger partial charge < -0.3 is 5.11 Å². The number of sulfonamides is 1. The molecule has 3 rings (SSSR count). The number of halogens is 1. The number of anilines is 1. The minimum Gasteiger partial charge on any atom is -0.506 e. The van der Waals surface area contributed by atoms with E-state index in [-0.39, 0.29) is 11.6 Å². The average Bonchev–Trinajstić information content (AvgIpc) is 2.80. The van der Waals surface area contributed by atoms with Crippen LogP contribution in [0.3, 0.4) is 0 Å². The molecule has 0 aromatic heterocycles. The lowest BCUT2D eigenvalue weighted by molar-refractivity contribution is -0.117. The number of hydrogen-bond acceptors (Lipinski definition) is 6. The van der Waals surface area contributed by atoms with Crippen LogP contribution in [-0.4, -0.2) is 46.7 Å². The lowest BCUT2D eigenvalue weighted by Crippen LogP contribution is -2.34. The van der Waals surface area contributed by atoms with E-state index in [4.69, 9.17) is 0 Å². The fraction of sp³-hybridized carbons (Fsp3) is 0.400. The van der Waals surface area contributed by atoms with Crippen LogP contribution < -0.4 is 13.7 Å². The van der Waals surface area contributed by atoms with Crippen LogP contribution in [0.4, 0.5) is 10.1 Å². The third kappa shape index (κ3) is 4.06. The van der Waals surface area contributed by atoms with Crippen LogP contribution in [0.1, 0.15) is 24.8 Å². The monoisotopic (exact) mass is 419 g/mol. The molecule has 1 saturated heterocycles. The number of phenols is 1. The number of phenolic OH excluding ortho intramolecular Hbond substituents is 1. The van der Waals surface area contributed by atoms with Gasteiger partial charge in [-0.3, -0.25) is 4.79 Å². The Hall–Kier alpha value is -2.18. The van der Waals surface area contributed by atoms with E-state index in [1.807, 2.05) is 0 Å². The first-order valence-electron chi connectivity index (χ1n) is 7.99. The molecule has 3 N–H and O–H groups in total. The Labute approximate surface area is 156 Å². The number of nitrogens with zero attached hydrogens (tertiary/aromatic N) is 1. The van der Waals surface area contributed by atoms with Crippen LogP contribution in [0, 0.1) is 5.82 Å². The van der Waals surface area contributed by atoms with Gasteiger partial charge >= 0.3 is 10.2 Å². The van der Waals surface area contributed by atoms with Crippen LogP contribution in [-0.2, 0) is 25.0 Å². The standard InChI is InChI=1S/C15H18FN3O6S2/c1-26(22,23)17-10-4-2-9(3-5-10)11-6-7-12(20)15(14(11)16)19-8-13(21)18-27(19,24)25/h2,6-7,10,17,20H,3-5,8H2,1H3,(H,18,21). The van der Waals surface area contributed by atoms with E-state index in [0.717, 1.165) is 12.3 Å². The maximum absolute atomic E-state index is 15.1. The number of benzene rings is 1. The van der Waals surface area contributed by atoms with E-state index in [0.29, 0.717) is 29.1 Å². The predicted molar refractivity (Wildman–Crippen MR) is 96.1 cm³/mol. The number of aromatic hydroxyl groups is 1. The Balaban J connectivity index is 1.94. The molecule has 1 unspecified atom stereocenters. The van der Waals surface area contributed by atoms with Crippen molar-refractivity contribution in [3.8, 4) is 5.75 Å². The summed E-state index contributed by atoms with van der Waals surface area (Å²) in [5, 5.41) is 9.98. The second-order valence-electron chi connectivity index (χ2n) is 6.42. The topological polar surface area (TPSA) is 133 Å². The van der Waals surface area contributed by atoms with Crippen LogP contribution in [0.15, 0.2) is 18.2 Å². The molecule has 1 fully saturated rings. The van der Waals surface area contributed by atoms with Crippen molar-refractivity contribution in [1.29, 1.82) is 0 Å². The Morgan fingerprint density at radius 1 is 1.37 bits per heavy atom. The summed E-state index contributed by atoms with van der Waals surface area (Å²) < 4.78 is 66.3. The lowest BCUT2D eigenvalue weighted by Gasteiger charge is -2.24. The molecule has 27 heavy (non-hydrogen) atoms. The molecule has 2 aliphatic rings. The van der Waals surface area contributed by atoms with Gasteiger partial charge in [-0.25, -0.2) is 26.6 Å². The van der Waals surface area contributed by atoms with Gasteiger partial charge in [0.05, 0.1) is 6.26 Å². The maximum Gasteiger partial charge on any atom is 0.326 e. The Bertz CT molecular complexity index is 1040. The molecule has 0 saturated carbocycles. The molecule has 1 atom stereocenters. The third-order valence-electron chi connectivity index (χ3n) is 4.30. The molecule has 12 heteroatoms. The molecular formula is C15H18FN3O6S2. The quantitative estimate of drug-likeness (QED) is 0.638. The van der Waals surface area contributed by atoms with E-state index >= 15 is 4.39 Å². The van der Waals surface area contributed by atoms with Crippen molar-refractivity contribution in [2.45, 2.75) is 25.3 Å². The number of carbonyl (C=O) groups excluding carboxylic acids is 1. The molecule has 148 valence electrons. The zero-order valence-corrected chi connectivity index (χ0v) is 15.9. The van der Waals surface area contributed by atoms with E-state index in [2.05, 4.69) is 4.72 Å². The molecule has 0 radical (unpaired) electrons. The Morgan fingerprint density at radius 2 is 2.07 bits per heavy atom.